The van der Waals surface area contributed by atoms with Gasteiger partial charge in [-0.05, 0) is 55.2 Å². The van der Waals surface area contributed by atoms with Crippen LogP contribution in [0, 0.1) is 0 Å². The van der Waals surface area contributed by atoms with Crippen molar-refractivity contribution >= 4 is 35.2 Å². The van der Waals surface area contributed by atoms with Crippen LogP contribution >= 0.6 is 23.4 Å². The minimum Gasteiger partial charge on any atom is -0.497 e. The summed E-state index contributed by atoms with van der Waals surface area (Å²) in [6.07, 6.45) is 1.39. The molecule has 2 atom stereocenters. The number of hydrogen-bond donors (Lipinski definition) is 1. The number of methoxy groups -OCH3 is 1. The summed E-state index contributed by atoms with van der Waals surface area (Å²) in [6.45, 7) is 6.31. The predicted octanol–water partition coefficient (Wildman–Crippen LogP) is 5.30. The van der Waals surface area contributed by atoms with Crippen molar-refractivity contribution in [1.82, 2.24) is 10.2 Å². The average Bonchev–Trinajstić information content (AvgIpc) is 2.80. The van der Waals surface area contributed by atoms with E-state index in [-0.39, 0.29) is 17.9 Å². The molecular formula is C25H33ClN2O3S. The van der Waals surface area contributed by atoms with E-state index in [1.54, 1.807) is 12.0 Å². The lowest BCUT2D eigenvalue weighted by Crippen LogP contribution is -2.51. The number of nitrogens with zero attached hydrogens (tertiary/aromatic N) is 1. The zero-order valence-electron chi connectivity index (χ0n) is 19.3. The number of rotatable bonds is 12. The maximum atomic E-state index is 13.3. The first-order chi connectivity index (χ1) is 15.4. The second-order valence-electron chi connectivity index (χ2n) is 7.73. The Balaban J connectivity index is 2.13. The van der Waals surface area contributed by atoms with Gasteiger partial charge in [-0.1, -0.05) is 49.7 Å². The van der Waals surface area contributed by atoms with Gasteiger partial charge in [-0.3, -0.25) is 9.59 Å². The highest BCUT2D eigenvalue weighted by molar-refractivity contribution is 7.99. The van der Waals surface area contributed by atoms with E-state index in [1.807, 2.05) is 69.3 Å². The largest absolute Gasteiger partial charge is 0.497 e. The molecule has 0 aliphatic rings. The van der Waals surface area contributed by atoms with Gasteiger partial charge < -0.3 is 15.0 Å². The molecule has 7 heteroatoms. The van der Waals surface area contributed by atoms with Crippen molar-refractivity contribution in [3.8, 4) is 5.75 Å². The summed E-state index contributed by atoms with van der Waals surface area (Å²) >= 11 is 7.48. The summed E-state index contributed by atoms with van der Waals surface area (Å²) < 4.78 is 5.23. The van der Waals surface area contributed by atoms with Gasteiger partial charge in [0.1, 0.15) is 11.8 Å². The van der Waals surface area contributed by atoms with Crippen molar-refractivity contribution in [2.24, 2.45) is 0 Å². The highest BCUT2D eigenvalue weighted by Gasteiger charge is 2.29. The molecule has 2 amide bonds. The molecule has 0 heterocycles. The van der Waals surface area contributed by atoms with Crippen LogP contribution in [0.4, 0.5) is 0 Å². The lowest BCUT2D eigenvalue weighted by molar-refractivity contribution is -0.139. The number of ether oxygens (including phenoxy) is 1. The highest BCUT2D eigenvalue weighted by atomic mass is 35.5. The Kier molecular flexibility index (Phi) is 10.9. The van der Waals surface area contributed by atoms with Crippen molar-refractivity contribution < 1.29 is 14.3 Å². The van der Waals surface area contributed by atoms with Crippen molar-refractivity contribution in [3.63, 3.8) is 0 Å². The summed E-state index contributed by atoms with van der Waals surface area (Å²) in [5.41, 5.74) is 2.06. The van der Waals surface area contributed by atoms with Crippen LogP contribution in [0.5, 0.6) is 5.75 Å². The number of hydrogen-bond acceptors (Lipinski definition) is 4. The quantitative estimate of drug-likeness (QED) is 0.451. The molecule has 0 aromatic heterocycles. The first-order valence-electron chi connectivity index (χ1n) is 10.9. The minimum absolute atomic E-state index is 0.0501. The van der Waals surface area contributed by atoms with E-state index in [1.165, 1.54) is 11.8 Å². The molecule has 0 fully saturated rings. The molecule has 32 heavy (non-hydrogen) atoms. The van der Waals surface area contributed by atoms with Gasteiger partial charge in [0.2, 0.25) is 11.8 Å². The monoisotopic (exact) mass is 476 g/mol. The molecule has 0 bridgehead atoms. The van der Waals surface area contributed by atoms with Gasteiger partial charge in [0.15, 0.2) is 0 Å². The zero-order valence-corrected chi connectivity index (χ0v) is 20.8. The van der Waals surface area contributed by atoms with Gasteiger partial charge in [0.05, 0.1) is 12.9 Å². The standard InChI is InChI=1S/C25H33ClN2O3S/c1-5-18(3)27-25(30)23(6-2)28(15-19-9-13-22(31-4)14-10-19)24(29)17-32-16-20-7-11-21(26)12-8-20/h7-14,18,23H,5-6,15-17H2,1-4H3,(H,27,30)/t18-,23-/m1/s1. The lowest BCUT2D eigenvalue weighted by atomic mass is 10.1. The summed E-state index contributed by atoms with van der Waals surface area (Å²) in [5.74, 6) is 1.60. The topological polar surface area (TPSA) is 58.6 Å². The van der Waals surface area contributed by atoms with Crippen LogP contribution in [0.25, 0.3) is 0 Å². The molecule has 0 spiro atoms. The first-order valence-corrected chi connectivity index (χ1v) is 12.5. The molecule has 5 nitrogen and oxygen atoms in total. The Bertz CT molecular complexity index is 858. The first kappa shape index (κ1) is 26.1. The van der Waals surface area contributed by atoms with E-state index in [9.17, 15) is 9.59 Å². The summed E-state index contributed by atoms with van der Waals surface area (Å²) in [6, 6.07) is 14.8. The van der Waals surface area contributed by atoms with E-state index >= 15 is 0 Å². The molecule has 0 radical (unpaired) electrons. The van der Waals surface area contributed by atoms with E-state index in [4.69, 9.17) is 16.3 Å². The predicted molar refractivity (Wildman–Crippen MR) is 133 cm³/mol. The van der Waals surface area contributed by atoms with Gasteiger partial charge in [-0.15, -0.1) is 11.8 Å². The third-order valence-corrected chi connectivity index (χ3v) is 6.55. The van der Waals surface area contributed by atoms with Gasteiger partial charge in [-0.2, -0.15) is 0 Å². The van der Waals surface area contributed by atoms with Crippen LogP contribution in [0.15, 0.2) is 48.5 Å². The number of carbonyl (C=O) groups excluding carboxylic acids is 2. The lowest BCUT2D eigenvalue weighted by Gasteiger charge is -2.31. The molecule has 2 rings (SSSR count). The molecule has 174 valence electrons. The molecule has 1 N–H and O–H groups in total. The van der Waals surface area contributed by atoms with Crippen LogP contribution in [0.3, 0.4) is 0 Å². The van der Waals surface area contributed by atoms with E-state index < -0.39 is 6.04 Å². The van der Waals surface area contributed by atoms with Crippen molar-refractivity contribution in [2.75, 3.05) is 12.9 Å². The smallest absolute Gasteiger partial charge is 0.243 e. The van der Waals surface area contributed by atoms with Crippen LogP contribution < -0.4 is 10.1 Å². The maximum absolute atomic E-state index is 13.3. The fourth-order valence-electron chi connectivity index (χ4n) is 3.21. The SMILES string of the molecule is CC[C@@H](C)NC(=O)[C@@H](CC)N(Cc1ccc(OC)cc1)C(=O)CSCc1ccc(Cl)cc1. The van der Waals surface area contributed by atoms with Crippen molar-refractivity contribution in [1.29, 1.82) is 0 Å². The average molecular weight is 477 g/mol. The van der Waals surface area contributed by atoms with Crippen LogP contribution in [0.1, 0.15) is 44.7 Å². The zero-order chi connectivity index (χ0) is 23.5. The fourth-order valence-corrected chi connectivity index (χ4v) is 4.20. The van der Waals surface area contributed by atoms with Crippen molar-refractivity contribution in [2.45, 2.75) is 58.0 Å². The highest BCUT2D eigenvalue weighted by Crippen LogP contribution is 2.20. The minimum atomic E-state index is -0.519. The number of thioether (sulfide) groups is 1. The number of nitrogens with one attached hydrogen (secondary N) is 1. The van der Waals surface area contributed by atoms with E-state index in [0.29, 0.717) is 29.5 Å². The van der Waals surface area contributed by atoms with E-state index in [0.717, 1.165) is 23.3 Å². The summed E-state index contributed by atoms with van der Waals surface area (Å²) in [7, 11) is 1.62. The molecule has 2 aromatic rings. The van der Waals surface area contributed by atoms with Gasteiger partial charge in [0, 0.05) is 23.4 Å². The van der Waals surface area contributed by atoms with Gasteiger partial charge in [0.25, 0.3) is 0 Å². The molecule has 0 aliphatic carbocycles. The Labute approximate surface area is 200 Å². The normalized spacial score (nSPS) is 12.7. The molecule has 0 saturated carbocycles. The van der Waals surface area contributed by atoms with Crippen LogP contribution in [-0.4, -0.2) is 41.7 Å². The molecule has 0 aliphatic heterocycles. The van der Waals surface area contributed by atoms with E-state index in [2.05, 4.69) is 5.32 Å². The Morgan fingerprint density at radius 3 is 2.22 bits per heavy atom. The fraction of sp³-hybridized carbons (Fsp3) is 0.440. The summed E-state index contributed by atoms with van der Waals surface area (Å²) in [4.78, 5) is 27.9. The third kappa shape index (κ3) is 8.06. The Morgan fingerprint density at radius 2 is 1.66 bits per heavy atom. The Morgan fingerprint density at radius 1 is 1.03 bits per heavy atom. The van der Waals surface area contributed by atoms with Crippen LogP contribution in [-0.2, 0) is 21.9 Å². The second-order valence-corrected chi connectivity index (χ2v) is 9.15. The molecule has 2 aromatic carbocycles. The second kappa shape index (κ2) is 13.4. The summed E-state index contributed by atoms with van der Waals surface area (Å²) in [5, 5.41) is 3.73. The van der Waals surface area contributed by atoms with Gasteiger partial charge in [-0.25, -0.2) is 0 Å². The van der Waals surface area contributed by atoms with Gasteiger partial charge >= 0.3 is 0 Å². The number of amides is 2. The maximum Gasteiger partial charge on any atom is 0.243 e. The molecule has 0 saturated heterocycles. The third-order valence-electron chi connectivity index (χ3n) is 5.31. The number of carbonyl (C=O) groups is 2. The number of benzene rings is 2. The number of halogens is 1. The Hall–Kier alpha value is -2.18. The van der Waals surface area contributed by atoms with Crippen LogP contribution in [0.2, 0.25) is 5.02 Å². The molecular weight excluding hydrogens is 444 g/mol. The van der Waals surface area contributed by atoms with Crippen molar-refractivity contribution in [3.05, 3.63) is 64.7 Å². The molecule has 0 unspecified atom stereocenters.